The second-order valence-corrected chi connectivity index (χ2v) is 13.9. The Morgan fingerprint density at radius 3 is 1.79 bits per heavy atom. The molecule has 0 bridgehead atoms. The van der Waals surface area contributed by atoms with E-state index in [0.717, 1.165) is 10.4 Å². The SMILES string of the molecule is C=CCOC(CO)CC(=O)OC.COC(=O)CC(O)CO[Si](c1ccccc1)(c1ccccc1)C(C)(C)C. The van der Waals surface area contributed by atoms with Crippen molar-refractivity contribution in [2.75, 3.05) is 34.0 Å². The summed E-state index contributed by atoms with van der Waals surface area (Å²) in [6, 6.07) is 20.4. The molecule has 9 heteroatoms. The molecule has 210 valence electrons. The lowest BCUT2D eigenvalue weighted by Crippen LogP contribution is -2.67. The Labute approximate surface area is 227 Å². The third-order valence-electron chi connectivity index (χ3n) is 5.81. The molecule has 2 aromatic carbocycles. The van der Waals surface area contributed by atoms with Gasteiger partial charge in [-0.15, -0.1) is 6.58 Å². The minimum atomic E-state index is -2.69. The molecule has 2 rings (SSSR count). The van der Waals surface area contributed by atoms with Gasteiger partial charge < -0.3 is 28.8 Å². The number of aliphatic hydroxyl groups excluding tert-OH is 2. The van der Waals surface area contributed by atoms with E-state index in [-0.39, 0.29) is 31.1 Å². The maximum atomic E-state index is 11.5. The average molecular weight is 547 g/mol. The molecule has 0 saturated heterocycles. The minimum Gasteiger partial charge on any atom is -0.469 e. The first-order chi connectivity index (χ1) is 18.0. The molecule has 38 heavy (non-hydrogen) atoms. The summed E-state index contributed by atoms with van der Waals surface area (Å²) in [5.74, 6) is -0.832. The van der Waals surface area contributed by atoms with Crippen molar-refractivity contribution < 1.29 is 38.4 Å². The van der Waals surface area contributed by atoms with Crippen molar-refractivity contribution in [1.82, 2.24) is 0 Å². The summed E-state index contributed by atoms with van der Waals surface area (Å²) < 4.78 is 20.7. The van der Waals surface area contributed by atoms with E-state index >= 15 is 0 Å². The lowest BCUT2D eigenvalue weighted by Gasteiger charge is -2.43. The van der Waals surface area contributed by atoms with E-state index in [1.165, 1.54) is 14.2 Å². The highest BCUT2D eigenvalue weighted by molar-refractivity contribution is 6.99. The Hall–Kier alpha value is -2.82. The first-order valence-corrected chi connectivity index (χ1v) is 14.4. The second kappa shape index (κ2) is 16.9. The number of methoxy groups -OCH3 is 2. The highest BCUT2D eigenvalue weighted by atomic mass is 28.4. The smallest absolute Gasteiger partial charge is 0.308 e. The molecular weight excluding hydrogens is 504 g/mol. The summed E-state index contributed by atoms with van der Waals surface area (Å²) in [4.78, 5) is 22.2. The highest BCUT2D eigenvalue weighted by Gasteiger charge is 2.50. The fraction of sp³-hybridized carbons (Fsp3) is 0.448. The van der Waals surface area contributed by atoms with Gasteiger partial charge in [-0.05, 0) is 15.4 Å². The van der Waals surface area contributed by atoms with Crippen molar-refractivity contribution in [2.24, 2.45) is 0 Å². The summed E-state index contributed by atoms with van der Waals surface area (Å²) in [7, 11) is -0.0720. The second-order valence-electron chi connectivity index (χ2n) is 9.62. The van der Waals surface area contributed by atoms with Crippen molar-refractivity contribution in [3.63, 3.8) is 0 Å². The van der Waals surface area contributed by atoms with E-state index in [4.69, 9.17) is 14.3 Å². The van der Waals surface area contributed by atoms with E-state index < -0.39 is 32.5 Å². The van der Waals surface area contributed by atoms with E-state index in [1.807, 2.05) is 36.4 Å². The van der Waals surface area contributed by atoms with Crippen LogP contribution in [-0.2, 0) is 28.2 Å². The van der Waals surface area contributed by atoms with Crippen LogP contribution >= 0.6 is 0 Å². The number of esters is 2. The third kappa shape index (κ3) is 10.1. The predicted molar refractivity (Wildman–Crippen MR) is 150 cm³/mol. The zero-order valence-electron chi connectivity index (χ0n) is 23.1. The minimum absolute atomic E-state index is 0.0703. The summed E-state index contributed by atoms with van der Waals surface area (Å²) in [6.07, 6.45) is 0.162. The van der Waals surface area contributed by atoms with Gasteiger partial charge in [-0.3, -0.25) is 9.59 Å². The van der Waals surface area contributed by atoms with Gasteiger partial charge in [0, 0.05) is 0 Å². The summed E-state index contributed by atoms with van der Waals surface area (Å²) in [5, 5.41) is 21.1. The maximum absolute atomic E-state index is 11.5. The lowest BCUT2D eigenvalue weighted by molar-refractivity contribution is -0.145. The largest absolute Gasteiger partial charge is 0.469 e. The van der Waals surface area contributed by atoms with E-state index in [1.54, 1.807) is 6.08 Å². The number of benzene rings is 2. The van der Waals surface area contributed by atoms with E-state index in [9.17, 15) is 14.7 Å². The van der Waals surface area contributed by atoms with Crippen LogP contribution in [0.4, 0.5) is 0 Å². The molecule has 0 radical (unpaired) electrons. The van der Waals surface area contributed by atoms with Crippen LogP contribution in [0, 0.1) is 0 Å². The van der Waals surface area contributed by atoms with Gasteiger partial charge >= 0.3 is 11.9 Å². The van der Waals surface area contributed by atoms with Crippen molar-refractivity contribution in [3.8, 4) is 0 Å². The molecule has 0 aliphatic rings. The summed E-state index contributed by atoms with van der Waals surface area (Å²) in [6.45, 7) is 10.2. The number of rotatable bonds is 13. The first-order valence-electron chi connectivity index (χ1n) is 12.5. The maximum Gasteiger partial charge on any atom is 0.308 e. The molecule has 0 aliphatic heterocycles. The number of hydrogen-bond donors (Lipinski definition) is 2. The molecule has 0 fully saturated rings. The Kier molecular flexibility index (Phi) is 14.8. The predicted octanol–water partition coefficient (Wildman–Crippen LogP) is 2.60. The fourth-order valence-corrected chi connectivity index (χ4v) is 8.56. The van der Waals surface area contributed by atoms with Crippen LogP contribution in [-0.4, -0.2) is 76.7 Å². The molecule has 2 unspecified atom stereocenters. The Morgan fingerprint density at radius 2 is 1.39 bits per heavy atom. The number of carbonyl (C=O) groups is 2. The zero-order valence-corrected chi connectivity index (χ0v) is 24.1. The number of hydrogen-bond acceptors (Lipinski definition) is 8. The molecule has 0 saturated carbocycles. The fourth-order valence-electron chi connectivity index (χ4n) is 3.97. The van der Waals surface area contributed by atoms with Crippen molar-refractivity contribution in [2.45, 2.75) is 50.9 Å². The number of ether oxygens (including phenoxy) is 3. The standard InChI is InChI=1S/C21H28O4Si.C8H14O4/c1-21(2,3)26(18-11-7-5-8-12-18,19-13-9-6-10-14-19)25-16-17(22)15-20(23)24-4;1-3-4-12-7(6-9)5-8(10)11-2/h5-14,17,22H,15-16H2,1-4H3;3,7,9H,1,4-6H2,2H3. The molecule has 2 aromatic rings. The lowest BCUT2D eigenvalue weighted by atomic mass is 10.2. The topological polar surface area (TPSA) is 112 Å². The molecule has 2 atom stereocenters. The zero-order chi connectivity index (χ0) is 28.6. The molecule has 8 nitrogen and oxygen atoms in total. The monoisotopic (exact) mass is 546 g/mol. The molecule has 0 aliphatic carbocycles. The Bertz CT molecular complexity index is 920. The summed E-state index contributed by atoms with van der Waals surface area (Å²) >= 11 is 0. The van der Waals surface area contributed by atoms with Gasteiger partial charge in [-0.1, -0.05) is 87.5 Å². The average Bonchev–Trinajstić information content (AvgIpc) is 2.91. The van der Waals surface area contributed by atoms with Crippen LogP contribution in [0.25, 0.3) is 0 Å². The van der Waals surface area contributed by atoms with Crippen LogP contribution in [0.2, 0.25) is 5.04 Å². The summed E-state index contributed by atoms with van der Waals surface area (Å²) in [5.41, 5.74) is 0. The molecule has 0 amide bonds. The quantitative estimate of drug-likeness (QED) is 0.224. The van der Waals surface area contributed by atoms with Crippen LogP contribution < -0.4 is 10.4 Å². The van der Waals surface area contributed by atoms with Crippen LogP contribution in [0.15, 0.2) is 73.3 Å². The van der Waals surface area contributed by atoms with Gasteiger partial charge in [0.25, 0.3) is 8.32 Å². The van der Waals surface area contributed by atoms with Gasteiger partial charge in [0.05, 0.1) is 59.1 Å². The van der Waals surface area contributed by atoms with E-state index in [0.29, 0.717) is 6.61 Å². The van der Waals surface area contributed by atoms with Gasteiger partial charge in [0.2, 0.25) is 0 Å². The first kappa shape index (κ1) is 33.2. The van der Waals surface area contributed by atoms with Gasteiger partial charge in [-0.2, -0.15) is 0 Å². The van der Waals surface area contributed by atoms with Crippen molar-refractivity contribution >= 4 is 30.6 Å². The van der Waals surface area contributed by atoms with Gasteiger partial charge in [-0.25, -0.2) is 0 Å². The third-order valence-corrected chi connectivity index (χ3v) is 10.8. The molecular formula is C29H42O8Si. The Morgan fingerprint density at radius 1 is 0.921 bits per heavy atom. The Balaban J connectivity index is 0.000000508. The van der Waals surface area contributed by atoms with Crippen molar-refractivity contribution in [1.29, 1.82) is 0 Å². The van der Waals surface area contributed by atoms with Gasteiger partial charge in [0.1, 0.15) is 0 Å². The molecule has 0 heterocycles. The van der Waals surface area contributed by atoms with Crippen molar-refractivity contribution in [3.05, 3.63) is 73.3 Å². The van der Waals surface area contributed by atoms with Crippen LogP contribution in [0.5, 0.6) is 0 Å². The number of carbonyl (C=O) groups excluding carboxylic acids is 2. The molecule has 0 spiro atoms. The normalized spacial score (nSPS) is 12.9. The highest BCUT2D eigenvalue weighted by Crippen LogP contribution is 2.36. The molecule has 0 aromatic heterocycles. The molecule has 2 N–H and O–H groups in total. The number of aliphatic hydroxyl groups is 2. The van der Waals surface area contributed by atoms with Gasteiger partial charge in [0.15, 0.2) is 0 Å². The van der Waals surface area contributed by atoms with E-state index in [2.05, 4.69) is 61.1 Å². The van der Waals surface area contributed by atoms with Crippen LogP contribution in [0.1, 0.15) is 33.6 Å². The van der Waals surface area contributed by atoms with Crippen LogP contribution in [0.3, 0.4) is 0 Å².